The molecule has 5 nitrogen and oxygen atoms in total. The molecule has 4 aromatic rings. The average molecular weight is 467 g/mol. The highest BCUT2D eigenvalue weighted by Gasteiger charge is 2.15. The van der Waals surface area contributed by atoms with Gasteiger partial charge >= 0.3 is 0 Å². The van der Waals surface area contributed by atoms with Gasteiger partial charge in [0.1, 0.15) is 0 Å². The van der Waals surface area contributed by atoms with Gasteiger partial charge in [0.05, 0.1) is 6.21 Å². The second-order valence-electron chi connectivity index (χ2n) is 10.2. The summed E-state index contributed by atoms with van der Waals surface area (Å²) in [6.07, 6.45) is 1.71. The molecule has 0 radical (unpaired) electrons. The van der Waals surface area contributed by atoms with Crippen molar-refractivity contribution < 1.29 is 4.79 Å². The molecule has 0 spiro atoms. The molecule has 0 bridgehead atoms. The molecule has 0 aliphatic heterocycles. The lowest BCUT2D eigenvalue weighted by Gasteiger charge is -2.20. The van der Waals surface area contributed by atoms with Gasteiger partial charge in [-0.15, -0.1) is 0 Å². The number of amides is 1. The Morgan fingerprint density at radius 1 is 0.771 bits per heavy atom. The molecule has 35 heavy (non-hydrogen) atoms. The van der Waals surface area contributed by atoms with Crippen LogP contribution in [0.1, 0.15) is 65.0 Å². The maximum absolute atomic E-state index is 12.6. The SMILES string of the molecule is Cc1ccc(C)n1-c1ccc(C(=O)N/N=C\c2cc(C)n(-c3ccc(C(C)(C)C)cc3)c2C)cc1. The molecule has 2 aromatic carbocycles. The number of nitrogens with one attached hydrogen (secondary N) is 1. The molecule has 0 unspecified atom stereocenters. The zero-order chi connectivity index (χ0) is 25.3. The number of benzene rings is 2. The molecule has 0 fully saturated rings. The van der Waals surface area contributed by atoms with E-state index in [1.54, 1.807) is 6.21 Å². The van der Waals surface area contributed by atoms with Gasteiger partial charge in [-0.25, -0.2) is 5.43 Å². The van der Waals surface area contributed by atoms with Crippen LogP contribution in [0.25, 0.3) is 11.4 Å². The van der Waals surface area contributed by atoms with Crippen molar-refractivity contribution in [1.29, 1.82) is 0 Å². The van der Waals surface area contributed by atoms with Crippen LogP contribution >= 0.6 is 0 Å². The topological polar surface area (TPSA) is 51.3 Å². The summed E-state index contributed by atoms with van der Waals surface area (Å²) in [5.41, 5.74) is 12.3. The van der Waals surface area contributed by atoms with E-state index in [2.05, 4.69) is 111 Å². The summed E-state index contributed by atoms with van der Waals surface area (Å²) in [4.78, 5) is 12.6. The van der Waals surface area contributed by atoms with E-state index in [-0.39, 0.29) is 11.3 Å². The number of aryl methyl sites for hydroxylation is 3. The highest BCUT2D eigenvalue weighted by atomic mass is 16.2. The van der Waals surface area contributed by atoms with Crippen LogP contribution in [-0.4, -0.2) is 21.3 Å². The van der Waals surface area contributed by atoms with Crippen LogP contribution < -0.4 is 5.43 Å². The summed E-state index contributed by atoms with van der Waals surface area (Å²) in [6.45, 7) is 14.9. The quantitative estimate of drug-likeness (QED) is 0.263. The van der Waals surface area contributed by atoms with Gasteiger partial charge in [0, 0.05) is 45.3 Å². The second-order valence-corrected chi connectivity index (χ2v) is 10.2. The van der Waals surface area contributed by atoms with E-state index in [4.69, 9.17) is 0 Å². The van der Waals surface area contributed by atoms with Crippen LogP contribution in [0.4, 0.5) is 0 Å². The fourth-order valence-corrected chi connectivity index (χ4v) is 4.49. The minimum Gasteiger partial charge on any atom is -0.319 e. The van der Waals surface area contributed by atoms with Crippen LogP contribution in [0.2, 0.25) is 0 Å². The number of nitrogens with zero attached hydrogens (tertiary/aromatic N) is 3. The van der Waals surface area contributed by atoms with Crippen molar-refractivity contribution in [2.75, 3.05) is 0 Å². The van der Waals surface area contributed by atoms with Crippen molar-refractivity contribution in [2.24, 2.45) is 5.10 Å². The third-order valence-electron chi connectivity index (χ3n) is 6.49. The number of hydrogen-bond acceptors (Lipinski definition) is 2. The first-order valence-electron chi connectivity index (χ1n) is 11.9. The van der Waals surface area contributed by atoms with E-state index in [0.29, 0.717) is 5.56 Å². The summed E-state index contributed by atoms with van der Waals surface area (Å²) < 4.78 is 4.37. The Morgan fingerprint density at radius 3 is 1.89 bits per heavy atom. The summed E-state index contributed by atoms with van der Waals surface area (Å²) in [6, 6.07) is 22.5. The molecule has 1 amide bonds. The van der Waals surface area contributed by atoms with Gasteiger partial charge < -0.3 is 9.13 Å². The monoisotopic (exact) mass is 466 g/mol. The van der Waals surface area contributed by atoms with E-state index in [1.165, 1.54) is 5.56 Å². The number of carbonyl (C=O) groups excluding carboxylic acids is 1. The van der Waals surface area contributed by atoms with Crippen molar-refractivity contribution in [3.8, 4) is 11.4 Å². The first-order valence-corrected chi connectivity index (χ1v) is 11.9. The molecule has 2 heterocycles. The van der Waals surface area contributed by atoms with E-state index < -0.39 is 0 Å². The molecule has 0 atom stereocenters. The minimum atomic E-state index is -0.236. The first-order chi connectivity index (χ1) is 16.6. The normalized spacial score (nSPS) is 11.9. The van der Waals surface area contributed by atoms with Crippen molar-refractivity contribution in [3.05, 3.63) is 106 Å². The zero-order valence-corrected chi connectivity index (χ0v) is 21.7. The van der Waals surface area contributed by atoms with Gasteiger partial charge in [0.2, 0.25) is 0 Å². The van der Waals surface area contributed by atoms with E-state index in [9.17, 15) is 4.79 Å². The molecule has 0 saturated carbocycles. The molecule has 4 rings (SSSR count). The molecule has 2 aromatic heterocycles. The third kappa shape index (κ3) is 4.99. The Morgan fingerprint density at radius 2 is 1.31 bits per heavy atom. The number of carbonyl (C=O) groups is 1. The fraction of sp³-hybridized carbons (Fsp3) is 0.267. The first kappa shape index (κ1) is 24.3. The fourth-order valence-electron chi connectivity index (χ4n) is 4.49. The third-order valence-corrected chi connectivity index (χ3v) is 6.49. The Bertz CT molecular complexity index is 1360. The van der Waals surface area contributed by atoms with Gasteiger partial charge in [-0.1, -0.05) is 32.9 Å². The molecule has 180 valence electrons. The van der Waals surface area contributed by atoms with E-state index in [0.717, 1.165) is 39.7 Å². The molecule has 1 N–H and O–H groups in total. The second kappa shape index (κ2) is 9.41. The number of aromatic nitrogens is 2. The van der Waals surface area contributed by atoms with Crippen molar-refractivity contribution >= 4 is 12.1 Å². The molecule has 0 saturated heterocycles. The predicted octanol–water partition coefficient (Wildman–Crippen LogP) is 6.56. The standard InChI is InChI=1S/C30H34N4O/c1-20-8-9-21(2)33(20)27-14-10-24(11-15-27)29(35)32-31-19-25-18-22(3)34(23(25)4)28-16-12-26(13-17-28)30(5,6)7/h8-19H,1-7H3,(H,32,35)/b31-19-. The Balaban J connectivity index is 1.47. The van der Waals surface area contributed by atoms with Gasteiger partial charge in [-0.2, -0.15) is 5.10 Å². The predicted molar refractivity (Wildman–Crippen MR) is 144 cm³/mol. The lowest BCUT2D eigenvalue weighted by Crippen LogP contribution is -2.17. The highest BCUT2D eigenvalue weighted by Crippen LogP contribution is 2.25. The Kier molecular flexibility index (Phi) is 6.53. The van der Waals surface area contributed by atoms with Crippen molar-refractivity contribution in [3.63, 3.8) is 0 Å². The van der Waals surface area contributed by atoms with Gasteiger partial charge in [0.25, 0.3) is 5.91 Å². The maximum atomic E-state index is 12.6. The number of rotatable bonds is 5. The van der Waals surface area contributed by atoms with Crippen molar-refractivity contribution in [2.45, 2.75) is 53.9 Å². The number of hydrogen-bond donors (Lipinski definition) is 1. The summed E-state index contributed by atoms with van der Waals surface area (Å²) in [5, 5.41) is 4.23. The van der Waals surface area contributed by atoms with Gasteiger partial charge in [-0.05, 0) is 93.3 Å². The van der Waals surface area contributed by atoms with Crippen LogP contribution in [0.5, 0.6) is 0 Å². The largest absolute Gasteiger partial charge is 0.319 e. The Labute approximate surface area is 208 Å². The zero-order valence-electron chi connectivity index (χ0n) is 21.7. The van der Waals surface area contributed by atoms with Gasteiger partial charge in [0.15, 0.2) is 0 Å². The van der Waals surface area contributed by atoms with Crippen molar-refractivity contribution in [1.82, 2.24) is 14.6 Å². The Hall–Kier alpha value is -3.86. The van der Waals surface area contributed by atoms with Crippen LogP contribution in [0, 0.1) is 27.7 Å². The molecule has 5 heteroatoms. The molecule has 0 aliphatic carbocycles. The number of hydrazone groups is 1. The smallest absolute Gasteiger partial charge is 0.271 e. The molecule has 0 aliphatic rings. The van der Waals surface area contributed by atoms with Crippen LogP contribution in [-0.2, 0) is 5.41 Å². The maximum Gasteiger partial charge on any atom is 0.271 e. The lowest BCUT2D eigenvalue weighted by molar-refractivity contribution is 0.0955. The summed E-state index contributed by atoms with van der Waals surface area (Å²) >= 11 is 0. The van der Waals surface area contributed by atoms with E-state index in [1.807, 2.05) is 24.3 Å². The molecular formula is C30H34N4O. The van der Waals surface area contributed by atoms with Crippen LogP contribution in [0.15, 0.2) is 71.8 Å². The minimum absolute atomic E-state index is 0.121. The van der Waals surface area contributed by atoms with Crippen LogP contribution in [0.3, 0.4) is 0 Å². The van der Waals surface area contributed by atoms with Gasteiger partial charge in [-0.3, -0.25) is 4.79 Å². The molecular weight excluding hydrogens is 432 g/mol. The summed E-state index contributed by atoms with van der Waals surface area (Å²) in [7, 11) is 0. The summed E-state index contributed by atoms with van der Waals surface area (Å²) in [5.74, 6) is -0.236. The average Bonchev–Trinajstić information content (AvgIpc) is 3.30. The lowest BCUT2D eigenvalue weighted by atomic mass is 9.87. The van der Waals surface area contributed by atoms with E-state index >= 15 is 0 Å². The highest BCUT2D eigenvalue weighted by molar-refractivity contribution is 5.95.